The summed E-state index contributed by atoms with van der Waals surface area (Å²) in [5.41, 5.74) is 2.28. The number of anilines is 1. The van der Waals surface area contributed by atoms with Gasteiger partial charge >= 0.3 is 6.03 Å². The molecule has 33 heavy (non-hydrogen) atoms. The number of pyridine rings is 1. The third-order valence-electron chi connectivity index (χ3n) is 6.82. The lowest BCUT2D eigenvalue weighted by Gasteiger charge is -2.34. The third kappa shape index (κ3) is 2.95. The van der Waals surface area contributed by atoms with Gasteiger partial charge in [-0.05, 0) is 31.0 Å². The zero-order valence-corrected chi connectivity index (χ0v) is 19.2. The van der Waals surface area contributed by atoms with Gasteiger partial charge in [0.1, 0.15) is 23.5 Å². The summed E-state index contributed by atoms with van der Waals surface area (Å²) in [4.78, 5) is 48.5. The van der Waals surface area contributed by atoms with Crippen molar-refractivity contribution in [3.63, 3.8) is 0 Å². The van der Waals surface area contributed by atoms with Gasteiger partial charge in [-0.3, -0.25) is 14.3 Å². The summed E-state index contributed by atoms with van der Waals surface area (Å²) in [6, 6.07) is 3.71. The largest absolute Gasteiger partial charge is 0.332 e. The van der Waals surface area contributed by atoms with Crippen molar-refractivity contribution in [2.45, 2.75) is 57.7 Å². The Morgan fingerprint density at radius 3 is 2.58 bits per heavy atom. The lowest BCUT2D eigenvalue weighted by Crippen LogP contribution is -2.55. The number of likely N-dealkylation sites (tertiary alicyclic amines) is 1. The van der Waals surface area contributed by atoms with Gasteiger partial charge in [0.15, 0.2) is 0 Å². The van der Waals surface area contributed by atoms with E-state index in [1.54, 1.807) is 34.5 Å². The zero-order valence-electron chi connectivity index (χ0n) is 19.2. The Morgan fingerprint density at radius 2 is 1.97 bits per heavy atom. The summed E-state index contributed by atoms with van der Waals surface area (Å²) in [5.74, 6) is -0.543. The van der Waals surface area contributed by atoms with Crippen molar-refractivity contribution < 1.29 is 14.4 Å². The summed E-state index contributed by atoms with van der Waals surface area (Å²) in [6.07, 6.45) is 1.95. The molecule has 5 rings (SSSR count). The molecule has 3 aliphatic rings. The van der Waals surface area contributed by atoms with Crippen LogP contribution in [0.1, 0.15) is 54.6 Å². The van der Waals surface area contributed by atoms with Crippen LogP contribution < -0.4 is 4.90 Å². The highest BCUT2D eigenvalue weighted by Gasteiger charge is 2.63. The number of imide groups is 1. The number of hydrogen-bond acceptors (Lipinski definition) is 6. The summed E-state index contributed by atoms with van der Waals surface area (Å²) in [5, 5.41) is 13.6. The number of carbonyl (C=O) groups excluding carboxylic acids is 3. The number of amides is 4. The molecule has 0 radical (unpaired) electrons. The number of piperazine rings is 1. The van der Waals surface area contributed by atoms with Crippen LogP contribution >= 0.6 is 0 Å². The Balaban J connectivity index is 1.43. The van der Waals surface area contributed by atoms with Crippen LogP contribution in [0.2, 0.25) is 0 Å². The Labute approximate surface area is 191 Å². The number of rotatable bonds is 2. The van der Waals surface area contributed by atoms with E-state index in [0.29, 0.717) is 29.9 Å². The molecule has 0 N–H and O–H groups in total. The minimum absolute atomic E-state index is 0.178. The fraction of sp³-hybridized carbons (Fsp3) is 0.478. The maximum absolute atomic E-state index is 13.4. The number of nitriles is 1. The zero-order chi connectivity index (χ0) is 23.8. The van der Waals surface area contributed by atoms with E-state index in [9.17, 15) is 14.4 Å². The molecule has 0 saturated carbocycles. The molecule has 3 aliphatic heterocycles. The fourth-order valence-electron chi connectivity index (χ4n) is 5.11. The van der Waals surface area contributed by atoms with Gasteiger partial charge in [0.2, 0.25) is 0 Å². The predicted molar refractivity (Wildman–Crippen MR) is 117 cm³/mol. The van der Waals surface area contributed by atoms with E-state index in [1.165, 1.54) is 6.20 Å². The molecule has 10 heteroatoms. The second-order valence-electron chi connectivity index (χ2n) is 9.98. The lowest BCUT2D eigenvalue weighted by molar-refractivity contribution is -0.121. The van der Waals surface area contributed by atoms with E-state index in [0.717, 1.165) is 10.6 Å². The van der Waals surface area contributed by atoms with Crippen LogP contribution in [0.4, 0.5) is 10.5 Å². The van der Waals surface area contributed by atoms with Gasteiger partial charge in [0, 0.05) is 19.0 Å². The minimum atomic E-state index is -0.716. The van der Waals surface area contributed by atoms with Crippen LogP contribution in [0.3, 0.4) is 0 Å². The maximum Gasteiger partial charge on any atom is 0.332 e. The number of nitrogens with zero attached hydrogens (tertiary/aromatic N) is 7. The second-order valence-corrected chi connectivity index (χ2v) is 9.98. The number of hydrogen-bond donors (Lipinski definition) is 0. The van der Waals surface area contributed by atoms with Crippen LogP contribution in [0.25, 0.3) is 0 Å². The number of aromatic nitrogens is 3. The van der Waals surface area contributed by atoms with Crippen LogP contribution in [-0.2, 0) is 17.3 Å². The van der Waals surface area contributed by atoms with Crippen molar-refractivity contribution in [2.24, 2.45) is 7.05 Å². The van der Waals surface area contributed by atoms with E-state index in [-0.39, 0.29) is 35.0 Å². The first kappa shape index (κ1) is 21.1. The minimum Gasteiger partial charge on any atom is -0.330 e. The van der Waals surface area contributed by atoms with Crippen LogP contribution in [0, 0.1) is 18.3 Å². The van der Waals surface area contributed by atoms with Gasteiger partial charge in [-0.2, -0.15) is 10.4 Å². The number of urea groups is 1. The molecular weight excluding hydrogens is 422 g/mol. The van der Waals surface area contributed by atoms with Crippen molar-refractivity contribution in [1.82, 2.24) is 24.6 Å². The molecule has 2 aromatic heterocycles. The first-order chi connectivity index (χ1) is 15.5. The standard InChI is InChI=1S/C23H25N7O3/c1-12-6-13(10-25-15(12)9-24)30-21(32)19-16-7-14(29(19)22(30)33)11-28(16)20(31)17-8-18(23(2,3)4)26-27(17)5/h6,8,10,14,16,19H,7,11H2,1-5H3/t14-,16?,19-/m1/s1. The quantitative estimate of drug-likeness (QED) is 0.648. The lowest BCUT2D eigenvalue weighted by atomic mass is 9.92. The molecule has 4 amide bonds. The van der Waals surface area contributed by atoms with Crippen molar-refractivity contribution in [3.8, 4) is 6.07 Å². The van der Waals surface area contributed by atoms with Crippen molar-refractivity contribution in [2.75, 3.05) is 11.4 Å². The summed E-state index contributed by atoms with van der Waals surface area (Å²) in [6.45, 7) is 8.21. The molecule has 170 valence electrons. The molecule has 10 nitrogen and oxygen atoms in total. The van der Waals surface area contributed by atoms with Gasteiger partial charge < -0.3 is 9.80 Å². The van der Waals surface area contributed by atoms with Gasteiger partial charge in [-0.15, -0.1) is 0 Å². The maximum atomic E-state index is 13.4. The Kier molecular flexibility index (Phi) is 4.40. The topological polar surface area (TPSA) is 115 Å². The number of carbonyl (C=O) groups is 3. The first-order valence-corrected chi connectivity index (χ1v) is 10.9. The molecule has 2 bridgehead atoms. The predicted octanol–water partition coefficient (Wildman–Crippen LogP) is 1.73. The van der Waals surface area contributed by atoms with Crippen LogP contribution in [-0.4, -0.2) is 67.1 Å². The molecule has 0 spiro atoms. The number of fused-ring (bicyclic) bond motifs is 5. The van der Waals surface area contributed by atoms with E-state index in [2.05, 4.69) is 10.1 Å². The summed E-state index contributed by atoms with van der Waals surface area (Å²) in [7, 11) is 1.75. The monoisotopic (exact) mass is 447 g/mol. The third-order valence-corrected chi connectivity index (χ3v) is 6.82. The van der Waals surface area contributed by atoms with Crippen LogP contribution in [0.15, 0.2) is 18.3 Å². The van der Waals surface area contributed by atoms with Crippen molar-refractivity contribution >= 4 is 23.5 Å². The van der Waals surface area contributed by atoms with E-state index < -0.39 is 12.1 Å². The molecule has 5 heterocycles. The normalized spacial score (nSPS) is 24.0. The second kappa shape index (κ2) is 6.88. The average molecular weight is 447 g/mol. The Hall–Kier alpha value is -3.74. The van der Waals surface area contributed by atoms with Crippen molar-refractivity contribution in [1.29, 1.82) is 5.26 Å². The fourth-order valence-corrected chi connectivity index (χ4v) is 5.11. The molecule has 3 atom stereocenters. The molecule has 3 fully saturated rings. The summed E-state index contributed by atoms with van der Waals surface area (Å²) >= 11 is 0. The molecule has 3 saturated heterocycles. The van der Waals surface area contributed by atoms with Gasteiger partial charge in [-0.25, -0.2) is 14.7 Å². The number of aryl methyl sites for hydroxylation is 2. The Morgan fingerprint density at radius 1 is 1.24 bits per heavy atom. The molecule has 1 unspecified atom stereocenters. The highest BCUT2D eigenvalue weighted by atomic mass is 16.2. The highest BCUT2D eigenvalue weighted by Crippen LogP contribution is 2.43. The van der Waals surface area contributed by atoms with E-state index in [1.807, 2.05) is 32.9 Å². The summed E-state index contributed by atoms with van der Waals surface area (Å²) < 4.78 is 1.59. The smallest absolute Gasteiger partial charge is 0.330 e. The molecule has 2 aromatic rings. The van der Waals surface area contributed by atoms with Crippen molar-refractivity contribution in [3.05, 3.63) is 41.0 Å². The SMILES string of the molecule is Cc1cc(N2C(=O)[C@H]3C4C[C@H](CN4C(=O)c4cc(C(C)(C)C)nn4C)N3C2=O)cnc1C#N. The Bertz CT molecular complexity index is 1250. The molecule has 0 aliphatic carbocycles. The van der Waals surface area contributed by atoms with E-state index >= 15 is 0 Å². The molecular formula is C23H25N7O3. The van der Waals surface area contributed by atoms with Crippen LogP contribution in [0.5, 0.6) is 0 Å². The van der Waals surface area contributed by atoms with E-state index in [4.69, 9.17) is 5.26 Å². The highest BCUT2D eigenvalue weighted by molar-refractivity contribution is 6.22. The van der Waals surface area contributed by atoms with Gasteiger partial charge in [-0.1, -0.05) is 20.8 Å². The van der Waals surface area contributed by atoms with Gasteiger partial charge in [0.05, 0.1) is 29.7 Å². The first-order valence-electron chi connectivity index (χ1n) is 10.9. The molecule has 0 aromatic carbocycles. The average Bonchev–Trinajstić information content (AvgIpc) is 3.49. The van der Waals surface area contributed by atoms with Gasteiger partial charge in [0.25, 0.3) is 11.8 Å².